The fourth-order valence-corrected chi connectivity index (χ4v) is 2.83. The Morgan fingerprint density at radius 2 is 2.00 bits per heavy atom. The Hall–Kier alpha value is -2.46. The van der Waals surface area contributed by atoms with Gasteiger partial charge in [-0.2, -0.15) is 0 Å². The predicted molar refractivity (Wildman–Crippen MR) is 87.4 cm³/mol. The molecule has 1 aromatic heterocycles. The molecule has 110 valence electrons. The number of pyridine rings is 1. The zero-order valence-corrected chi connectivity index (χ0v) is 12.7. The third kappa shape index (κ3) is 2.78. The summed E-state index contributed by atoms with van der Waals surface area (Å²) >= 11 is 6.22. The highest BCUT2D eigenvalue weighted by Gasteiger charge is 2.13. The molecule has 0 radical (unpaired) electrons. The Morgan fingerprint density at radius 1 is 1.23 bits per heavy atom. The molecule has 0 aliphatic heterocycles. The first-order valence-corrected chi connectivity index (χ1v) is 7.19. The van der Waals surface area contributed by atoms with Crippen molar-refractivity contribution in [3.63, 3.8) is 0 Å². The minimum atomic E-state index is -0.430. The summed E-state index contributed by atoms with van der Waals surface area (Å²) in [5.41, 5.74) is 3.69. The molecule has 1 heterocycles. The van der Waals surface area contributed by atoms with E-state index < -0.39 is 4.92 Å². The van der Waals surface area contributed by atoms with E-state index in [4.69, 9.17) is 11.6 Å². The van der Waals surface area contributed by atoms with Crippen LogP contribution >= 0.6 is 11.6 Å². The molecular formula is C17H13ClN2O2. The summed E-state index contributed by atoms with van der Waals surface area (Å²) < 4.78 is 0. The third-order valence-corrected chi connectivity index (χ3v) is 3.98. The van der Waals surface area contributed by atoms with Gasteiger partial charge in [-0.05, 0) is 35.7 Å². The second kappa shape index (κ2) is 5.73. The average molecular weight is 313 g/mol. The SMILES string of the molecule is Cc1cc([N+](=O)[O-])cc(Cl)c1Cc1cnc2ccccc2c1. The molecule has 3 aromatic rings. The number of aromatic nitrogens is 1. The number of halogens is 1. The molecule has 0 amide bonds. The maximum atomic E-state index is 10.9. The molecule has 0 spiro atoms. The summed E-state index contributed by atoms with van der Waals surface area (Å²) in [6.45, 7) is 1.84. The van der Waals surface area contributed by atoms with Crippen LogP contribution in [0.3, 0.4) is 0 Å². The first kappa shape index (κ1) is 14.5. The maximum absolute atomic E-state index is 10.9. The van der Waals surface area contributed by atoms with Gasteiger partial charge in [-0.1, -0.05) is 29.8 Å². The molecular weight excluding hydrogens is 300 g/mol. The Kier molecular flexibility index (Phi) is 3.77. The van der Waals surface area contributed by atoms with Crippen molar-refractivity contribution in [3.05, 3.63) is 80.5 Å². The van der Waals surface area contributed by atoms with E-state index in [-0.39, 0.29) is 5.69 Å². The van der Waals surface area contributed by atoms with Crippen molar-refractivity contribution in [1.82, 2.24) is 4.98 Å². The van der Waals surface area contributed by atoms with Gasteiger partial charge >= 0.3 is 0 Å². The Bertz CT molecular complexity index is 854. The topological polar surface area (TPSA) is 56.0 Å². The van der Waals surface area contributed by atoms with Crippen LogP contribution in [0, 0.1) is 17.0 Å². The number of non-ortho nitro benzene ring substituents is 1. The van der Waals surface area contributed by atoms with Crippen LogP contribution in [0.5, 0.6) is 0 Å². The quantitative estimate of drug-likeness (QED) is 0.520. The van der Waals surface area contributed by atoms with Crippen molar-refractivity contribution in [2.75, 3.05) is 0 Å². The minimum Gasteiger partial charge on any atom is -0.258 e. The molecule has 5 heteroatoms. The van der Waals surface area contributed by atoms with Crippen molar-refractivity contribution in [2.24, 2.45) is 0 Å². The van der Waals surface area contributed by atoms with Gasteiger partial charge in [-0.15, -0.1) is 0 Å². The van der Waals surface area contributed by atoms with Gasteiger partial charge in [0.25, 0.3) is 5.69 Å². The molecule has 4 nitrogen and oxygen atoms in total. The fourth-order valence-electron chi connectivity index (χ4n) is 2.50. The average Bonchev–Trinajstić information content (AvgIpc) is 2.50. The number of rotatable bonds is 3. The van der Waals surface area contributed by atoms with Gasteiger partial charge in [0.1, 0.15) is 0 Å². The smallest absolute Gasteiger partial charge is 0.258 e. The number of para-hydroxylation sites is 1. The third-order valence-electron chi connectivity index (χ3n) is 3.64. The van der Waals surface area contributed by atoms with Gasteiger partial charge in [0.05, 0.1) is 15.5 Å². The summed E-state index contributed by atoms with van der Waals surface area (Å²) in [5.74, 6) is 0. The summed E-state index contributed by atoms with van der Waals surface area (Å²) in [6, 6.07) is 12.9. The van der Waals surface area contributed by atoms with E-state index in [9.17, 15) is 10.1 Å². The molecule has 0 N–H and O–H groups in total. The number of hydrogen-bond acceptors (Lipinski definition) is 3. The predicted octanol–water partition coefficient (Wildman–Crippen LogP) is 4.70. The monoisotopic (exact) mass is 312 g/mol. The first-order valence-electron chi connectivity index (χ1n) is 6.81. The lowest BCUT2D eigenvalue weighted by atomic mass is 10.00. The fraction of sp³-hybridized carbons (Fsp3) is 0.118. The summed E-state index contributed by atoms with van der Waals surface area (Å²) in [4.78, 5) is 14.9. The van der Waals surface area contributed by atoms with Gasteiger partial charge in [-0.3, -0.25) is 15.1 Å². The van der Waals surface area contributed by atoms with Gasteiger partial charge in [-0.25, -0.2) is 0 Å². The van der Waals surface area contributed by atoms with Crippen LogP contribution in [0.2, 0.25) is 5.02 Å². The lowest BCUT2D eigenvalue weighted by molar-refractivity contribution is -0.384. The van der Waals surface area contributed by atoms with E-state index in [0.717, 1.165) is 27.6 Å². The van der Waals surface area contributed by atoms with Crippen LogP contribution in [-0.2, 0) is 6.42 Å². The van der Waals surface area contributed by atoms with Crippen LogP contribution in [0.15, 0.2) is 48.7 Å². The summed E-state index contributed by atoms with van der Waals surface area (Å²) in [5, 5.41) is 12.3. The van der Waals surface area contributed by atoms with Crippen molar-refractivity contribution in [2.45, 2.75) is 13.3 Å². The molecule has 0 aliphatic rings. The number of nitro groups is 1. The summed E-state index contributed by atoms with van der Waals surface area (Å²) in [6.07, 6.45) is 2.42. The number of benzene rings is 2. The highest BCUT2D eigenvalue weighted by atomic mass is 35.5. The highest BCUT2D eigenvalue weighted by Crippen LogP contribution is 2.28. The number of aryl methyl sites for hydroxylation is 1. The zero-order chi connectivity index (χ0) is 15.7. The number of hydrogen-bond donors (Lipinski definition) is 0. The van der Waals surface area contributed by atoms with Gasteiger partial charge in [0, 0.05) is 30.1 Å². The molecule has 0 aliphatic carbocycles. The maximum Gasteiger partial charge on any atom is 0.271 e. The van der Waals surface area contributed by atoms with Gasteiger partial charge in [0.15, 0.2) is 0 Å². The van der Waals surface area contributed by atoms with Crippen molar-refractivity contribution >= 4 is 28.2 Å². The van der Waals surface area contributed by atoms with E-state index >= 15 is 0 Å². The molecule has 0 saturated carbocycles. The van der Waals surface area contributed by atoms with Gasteiger partial charge in [0.2, 0.25) is 0 Å². The van der Waals surface area contributed by atoms with E-state index in [0.29, 0.717) is 11.4 Å². The molecule has 0 fully saturated rings. The van der Waals surface area contributed by atoms with E-state index in [2.05, 4.69) is 11.1 Å². The normalized spacial score (nSPS) is 10.8. The van der Waals surface area contributed by atoms with E-state index in [1.54, 1.807) is 6.07 Å². The second-order valence-corrected chi connectivity index (χ2v) is 5.60. The minimum absolute atomic E-state index is 0.0166. The van der Waals surface area contributed by atoms with Crippen LogP contribution in [0.25, 0.3) is 10.9 Å². The zero-order valence-electron chi connectivity index (χ0n) is 11.9. The molecule has 0 bridgehead atoms. The molecule has 0 atom stereocenters. The summed E-state index contributed by atoms with van der Waals surface area (Å²) in [7, 11) is 0. The lowest BCUT2D eigenvalue weighted by Gasteiger charge is -2.09. The number of nitrogens with zero attached hydrogens (tertiary/aromatic N) is 2. The van der Waals surface area contributed by atoms with E-state index in [1.165, 1.54) is 6.07 Å². The molecule has 3 rings (SSSR count). The van der Waals surface area contributed by atoms with Crippen LogP contribution in [0.1, 0.15) is 16.7 Å². The lowest BCUT2D eigenvalue weighted by Crippen LogP contribution is -1.97. The van der Waals surface area contributed by atoms with Crippen LogP contribution < -0.4 is 0 Å². The standard InChI is InChI=1S/C17H13ClN2O2/c1-11-6-14(20(21)22)9-16(18)15(11)8-12-7-13-4-2-3-5-17(13)19-10-12/h2-7,9-10H,8H2,1H3. The number of fused-ring (bicyclic) bond motifs is 1. The van der Waals surface area contributed by atoms with Crippen molar-refractivity contribution in [1.29, 1.82) is 0 Å². The Balaban J connectivity index is 1.99. The van der Waals surface area contributed by atoms with Gasteiger partial charge < -0.3 is 0 Å². The van der Waals surface area contributed by atoms with Crippen LogP contribution in [-0.4, -0.2) is 9.91 Å². The van der Waals surface area contributed by atoms with Crippen molar-refractivity contribution < 1.29 is 4.92 Å². The highest BCUT2D eigenvalue weighted by molar-refractivity contribution is 6.31. The second-order valence-electron chi connectivity index (χ2n) is 5.19. The Labute approximate surface area is 132 Å². The first-order chi connectivity index (χ1) is 10.5. The van der Waals surface area contributed by atoms with Crippen LogP contribution in [0.4, 0.5) is 5.69 Å². The molecule has 22 heavy (non-hydrogen) atoms. The largest absolute Gasteiger partial charge is 0.271 e. The Morgan fingerprint density at radius 3 is 2.73 bits per heavy atom. The number of nitro benzene ring substituents is 1. The molecule has 0 saturated heterocycles. The molecule has 2 aromatic carbocycles. The molecule has 0 unspecified atom stereocenters. The van der Waals surface area contributed by atoms with Crippen molar-refractivity contribution in [3.8, 4) is 0 Å². The van der Waals surface area contributed by atoms with E-state index in [1.807, 2.05) is 37.4 Å².